The SMILES string of the molecule is CC1=NCCC1.COc1cnccc1-c1[nH]c2c(c1Nc1cccc(F)c1OC)C(=O)NCC2. The number of hydrogen-bond donors (Lipinski definition) is 3. The summed E-state index contributed by atoms with van der Waals surface area (Å²) in [6, 6.07) is 6.37. The van der Waals surface area contributed by atoms with Gasteiger partial charge in [0, 0.05) is 42.7 Å². The number of aliphatic imine (C=N–C) groups is 1. The molecule has 2 aliphatic rings. The van der Waals surface area contributed by atoms with Gasteiger partial charge in [-0.15, -0.1) is 0 Å². The molecule has 8 nitrogen and oxygen atoms in total. The molecule has 0 atom stereocenters. The second-order valence-corrected chi connectivity index (χ2v) is 7.98. The Labute approximate surface area is 197 Å². The summed E-state index contributed by atoms with van der Waals surface area (Å²) >= 11 is 0. The quantitative estimate of drug-likeness (QED) is 0.515. The Morgan fingerprint density at radius 1 is 1.15 bits per heavy atom. The van der Waals surface area contributed by atoms with E-state index in [1.54, 1.807) is 37.7 Å². The van der Waals surface area contributed by atoms with Crippen LogP contribution in [0.3, 0.4) is 0 Å². The predicted octanol–water partition coefficient (Wildman–Crippen LogP) is 4.50. The van der Waals surface area contributed by atoms with Crippen LogP contribution in [0.15, 0.2) is 41.7 Å². The highest BCUT2D eigenvalue weighted by Gasteiger charge is 2.28. The van der Waals surface area contributed by atoms with Crippen LogP contribution in [0.5, 0.6) is 11.5 Å². The molecule has 9 heteroatoms. The van der Waals surface area contributed by atoms with Gasteiger partial charge in [-0.2, -0.15) is 0 Å². The molecule has 1 amide bonds. The molecular weight excluding hydrogens is 437 g/mol. The highest BCUT2D eigenvalue weighted by molar-refractivity contribution is 6.06. The summed E-state index contributed by atoms with van der Waals surface area (Å²) in [5.41, 5.74) is 4.96. The van der Waals surface area contributed by atoms with Crippen LogP contribution in [-0.2, 0) is 6.42 Å². The van der Waals surface area contributed by atoms with Gasteiger partial charge in [0.25, 0.3) is 5.91 Å². The fourth-order valence-electron chi connectivity index (χ4n) is 4.09. The van der Waals surface area contributed by atoms with E-state index in [-0.39, 0.29) is 11.7 Å². The van der Waals surface area contributed by atoms with Gasteiger partial charge in [0.15, 0.2) is 11.6 Å². The first-order valence-corrected chi connectivity index (χ1v) is 11.1. The lowest BCUT2D eigenvalue weighted by Gasteiger charge is -2.17. The van der Waals surface area contributed by atoms with Crippen molar-refractivity contribution in [3.05, 3.63) is 53.7 Å². The van der Waals surface area contributed by atoms with Gasteiger partial charge in [0.1, 0.15) is 5.75 Å². The molecule has 3 N–H and O–H groups in total. The zero-order valence-corrected chi connectivity index (χ0v) is 19.5. The summed E-state index contributed by atoms with van der Waals surface area (Å²) in [6.07, 6.45) is 6.42. The third-order valence-corrected chi connectivity index (χ3v) is 5.75. The number of halogens is 1. The Morgan fingerprint density at radius 3 is 2.68 bits per heavy atom. The molecule has 0 fully saturated rings. The molecule has 178 valence electrons. The van der Waals surface area contributed by atoms with E-state index in [0.29, 0.717) is 41.3 Å². The summed E-state index contributed by atoms with van der Waals surface area (Å²) in [5, 5.41) is 6.04. The number of nitrogens with zero attached hydrogens (tertiary/aromatic N) is 2. The van der Waals surface area contributed by atoms with Crippen LogP contribution >= 0.6 is 0 Å². The largest absolute Gasteiger partial charge is 0.494 e. The lowest BCUT2D eigenvalue weighted by Crippen LogP contribution is -2.31. The lowest BCUT2D eigenvalue weighted by atomic mass is 10.0. The first-order chi connectivity index (χ1) is 16.5. The summed E-state index contributed by atoms with van der Waals surface area (Å²) in [7, 11) is 2.95. The molecule has 1 aromatic carbocycles. The molecule has 4 heterocycles. The van der Waals surface area contributed by atoms with E-state index in [1.807, 2.05) is 0 Å². The lowest BCUT2D eigenvalue weighted by molar-refractivity contribution is 0.0947. The third-order valence-electron chi connectivity index (χ3n) is 5.75. The minimum atomic E-state index is -0.496. The van der Waals surface area contributed by atoms with Crippen LogP contribution in [0.4, 0.5) is 15.8 Å². The number of aromatic nitrogens is 2. The number of rotatable bonds is 5. The van der Waals surface area contributed by atoms with Crippen molar-refractivity contribution < 1.29 is 18.7 Å². The highest BCUT2D eigenvalue weighted by Crippen LogP contribution is 2.41. The highest BCUT2D eigenvalue weighted by atomic mass is 19.1. The van der Waals surface area contributed by atoms with Crippen molar-refractivity contribution in [1.29, 1.82) is 0 Å². The fraction of sp³-hybridized carbons (Fsp3) is 0.320. The van der Waals surface area contributed by atoms with E-state index < -0.39 is 5.82 Å². The fourth-order valence-corrected chi connectivity index (χ4v) is 4.09. The van der Waals surface area contributed by atoms with Crippen molar-refractivity contribution >= 4 is 23.0 Å². The van der Waals surface area contributed by atoms with E-state index in [2.05, 4.69) is 32.5 Å². The van der Waals surface area contributed by atoms with E-state index in [4.69, 9.17) is 9.47 Å². The van der Waals surface area contributed by atoms with Crippen LogP contribution in [-0.4, -0.2) is 48.9 Å². The number of carbonyl (C=O) groups excluding carboxylic acids is 1. The molecule has 5 rings (SSSR count). The van der Waals surface area contributed by atoms with Gasteiger partial charge in [0.05, 0.1) is 43.0 Å². The average Bonchev–Trinajstić information content (AvgIpc) is 3.47. The zero-order valence-electron chi connectivity index (χ0n) is 19.5. The van der Waals surface area contributed by atoms with Gasteiger partial charge in [-0.05, 0) is 38.0 Å². The second kappa shape index (κ2) is 10.4. The molecule has 0 saturated carbocycles. The molecule has 3 aromatic rings. The summed E-state index contributed by atoms with van der Waals surface area (Å²) in [4.78, 5) is 24.2. The standard InChI is InChI=1S/C20H19FN4O3.C5H9N/c1-27-15-10-22-8-6-11(15)17-18(16-13(24-17)7-9-23-20(16)26)25-14-5-3-4-12(21)19(14)28-2;1-5-3-2-4-6-5/h3-6,8,10,24-25H,7,9H2,1-2H3,(H,23,26);2-4H2,1H3. The van der Waals surface area contributed by atoms with Gasteiger partial charge in [0.2, 0.25) is 0 Å². The van der Waals surface area contributed by atoms with Crippen LogP contribution in [0.2, 0.25) is 0 Å². The van der Waals surface area contributed by atoms with Crippen molar-refractivity contribution in [3.8, 4) is 22.8 Å². The molecular formula is C25H28FN5O3. The van der Waals surface area contributed by atoms with E-state index in [0.717, 1.165) is 17.8 Å². The van der Waals surface area contributed by atoms with Crippen molar-refractivity contribution in [2.75, 3.05) is 32.6 Å². The van der Waals surface area contributed by atoms with Crippen LogP contribution < -0.4 is 20.1 Å². The van der Waals surface area contributed by atoms with Gasteiger partial charge < -0.3 is 25.1 Å². The van der Waals surface area contributed by atoms with Crippen molar-refractivity contribution in [1.82, 2.24) is 15.3 Å². The molecule has 0 saturated heterocycles. The first-order valence-electron chi connectivity index (χ1n) is 11.1. The summed E-state index contributed by atoms with van der Waals surface area (Å²) in [5.74, 6) is -0.0730. The number of methoxy groups -OCH3 is 2. The van der Waals surface area contributed by atoms with Gasteiger partial charge >= 0.3 is 0 Å². The van der Waals surface area contributed by atoms with Crippen molar-refractivity contribution in [2.45, 2.75) is 26.2 Å². The minimum Gasteiger partial charge on any atom is -0.494 e. The van der Waals surface area contributed by atoms with Crippen LogP contribution in [0, 0.1) is 5.82 Å². The maximum atomic E-state index is 14.2. The van der Waals surface area contributed by atoms with Crippen molar-refractivity contribution in [3.63, 3.8) is 0 Å². The smallest absolute Gasteiger partial charge is 0.255 e. The minimum absolute atomic E-state index is 0.0707. The summed E-state index contributed by atoms with van der Waals surface area (Å²) in [6.45, 7) is 3.71. The number of anilines is 2. The molecule has 0 spiro atoms. The zero-order chi connectivity index (χ0) is 24.1. The van der Waals surface area contributed by atoms with E-state index in [9.17, 15) is 9.18 Å². The molecule has 0 radical (unpaired) electrons. The van der Waals surface area contributed by atoms with Gasteiger partial charge in [-0.1, -0.05) is 6.07 Å². The molecule has 0 aliphatic carbocycles. The van der Waals surface area contributed by atoms with Crippen molar-refractivity contribution in [2.24, 2.45) is 4.99 Å². The number of fused-ring (bicyclic) bond motifs is 1. The Hall–Kier alpha value is -3.88. The monoisotopic (exact) mass is 465 g/mol. The summed E-state index contributed by atoms with van der Waals surface area (Å²) < 4.78 is 24.8. The Morgan fingerprint density at radius 2 is 2.00 bits per heavy atom. The number of benzene rings is 1. The van der Waals surface area contributed by atoms with Crippen LogP contribution in [0.25, 0.3) is 11.3 Å². The number of ether oxygens (including phenoxy) is 2. The van der Waals surface area contributed by atoms with Gasteiger partial charge in [-0.25, -0.2) is 4.39 Å². The van der Waals surface area contributed by atoms with E-state index >= 15 is 0 Å². The molecule has 2 aliphatic heterocycles. The number of para-hydroxylation sites is 1. The Kier molecular flexibility index (Phi) is 7.10. The topological polar surface area (TPSA) is 101 Å². The maximum absolute atomic E-state index is 14.2. The number of amides is 1. The number of nitrogens with one attached hydrogen (secondary N) is 3. The van der Waals surface area contributed by atoms with Crippen LogP contribution in [0.1, 0.15) is 35.8 Å². The Balaban J connectivity index is 0.000000398. The Bertz CT molecular complexity index is 1220. The molecule has 0 bridgehead atoms. The normalized spacial score (nSPS) is 14.4. The third kappa shape index (κ3) is 4.73. The average molecular weight is 466 g/mol. The number of H-pyrrole nitrogens is 1. The second-order valence-electron chi connectivity index (χ2n) is 7.98. The number of hydrogen-bond acceptors (Lipinski definition) is 6. The number of carbonyl (C=O) groups is 1. The maximum Gasteiger partial charge on any atom is 0.255 e. The predicted molar refractivity (Wildman–Crippen MR) is 130 cm³/mol. The number of pyridine rings is 1. The van der Waals surface area contributed by atoms with E-state index in [1.165, 1.54) is 31.7 Å². The number of aromatic amines is 1. The molecule has 34 heavy (non-hydrogen) atoms. The molecule has 0 unspecified atom stereocenters. The first kappa shape index (κ1) is 23.3. The van der Waals surface area contributed by atoms with Gasteiger partial charge in [-0.3, -0.25) is 14.8 Å². The molecule has 2 aromatic heterocycles.